The molecule has 2 rings (SSSR count). The van der Waals surface area contributed by atoms with Crippen molar-refractivity contribution >= 4 is 5.91 Å². The maximum Gasteiger partial charge on any atom is 0.225 e. The molecule has 0 spiro atoms. The van der Waals surface area contributed by atoms with Crippen LogP contribution in [-0.2, 0) is 4.79 Å². The summed E-state index contributed by atoms with van der Waals surface area (Å²) >= 11 is 0. The zero-order valence-electron chi connectivity index (χ0n) is 10.2. The second kappa shape index (κ2) is 5.64. The molecule has 0 aromatic heterocycles. The Bertz CT molecular complexity index is 232. The normalized spacial score (nSPS) is 24.1. The number of hydrogen-bond acceptors (Lipinski definition) is 3. The van der Waals surface area contributed by atoms with Gasteiger partial charge in [0.1, 0.15) is 0 Å². The standard InChI is InChI=1S/C12H23N3O/c1-15-6-3-10(4-7-15)2-5-14-12(16)11-8-13-9-11/h10-11,13H,2-9H2,1H3,(H,14,16). The second-order valence-corrected chi connectivity index (χ2v) is 5.18. The number of likely N-dealkylation sites (tertiary alicyclic amines) is 1. The second-order valence-electron chi connectivity index (χ2n) is 5.18. The molecule has 1 amide bonds. The molecule has 2 N–H and O–H groups in total. The molecule has 92 valence electrons. The highest BCUT2D eigenvalue weighted by Crippen LogP contribution is 2.18. The molecular formula is C12H23N3O. The maximum atomic E-state index is 11.6. The molecule has 0 radical (unpaired) electrons. The molecule has 4 nitrogen and oxygen atoms in total. The Labute approximate surface area is 97.8 Å². The van der Waals surface area contributed by atoms with Gasteiger partial charge in [-0.2, -0.15) is 0 Å². The van der Waals surface area contributed by atoms with E-state index in [2.05, 4.69) is 22.6 Å². The number of carbonyl (C=O) groups is 1. The first-order chi connectivity index (χ1) is 7.75. The minimum Gasteiger partial charge on any atom is -0.356 e. The molecule has 2 aliphatic heterocycles. The van der Waals surface area contributed by atoms with Gasteiger partial charge in [-0.05, 0) is 45.3 Å². The molecule has 2 heterocycles. The monoisotopic (exact) mass is 225 g/mol. The van der Waals surface area contributed by atoms with E-state index in [9.17, 15) is 4.79 Å². The molecule has 0 unspecified atom stereocenters. The third-order valence-corrected chi connectivity index (χ3v) is 3.84. The highest BCUT2D eigenvalue weighted by molar-refractivity contribution is 5.79. The van der Waals surface area contributed by atoms with Crippen molar-refractivity contribution in [3.05, 3.63) is 0 Å². The lowest BCUT2D eigenvalue weighted by atomic mass is 9.93. The Hall–Kier alpha value is -0.610. The largest absolute Gasteiger partial charge is 0.356 e. The molecule has 16 heavy (non-hydrogen) atoms. The predicted molar refractivity (Wildman–Crippen MR) is 64.2 cm³/mol. The van der Waals surface area contributed by atoms with Crippen LogP contribution in [0.5, 0.6) is 0 Å². The fraction of sp³-hybridized carbons (Fsp3) is 0.917. The minimum atomic E-state index is 0.234. The van der Waals surface area contributed by atoms with Crippen molar-refractivity contribution in [2.75, 3.05) is 39.8 Å². The van der Waals surface area contributed by atoms with Crippen molar-refractivity contribution in [1.82, 2.24) is 15.5 Å². The molecule has 0 aliphatic carbocycles. The Morgan fingerprint density at radius 2 is 2.06 bits per heavy atom. The first-order valence-corrected chi connectivity index (χ1v) is 6.42. The lowest BCUT2D eigenvalue weighted by Crippen LogP contribution is -2.51. The number of nitrogens with one attached hydrogen (secondary N) is 2. The van der Waals surface area contributed by atoms with Crippen LogP contribution >= 0.6 is 0 Å². The summed E-state index contributed by atoms with van der Waals surface area (Å²) in [4.78, 5) is 13.9. The smallest absolute Gasteiger partial charge is 0.225 e. The van der Waals surface area contributed by atoms with E-state index in [4.69, 9.17) is 0 Å². The van der Waals surface area contributed by atoms with Crippen LogP contribution < -0.4 is 10.6 Å². The van der Waals surface area contributed by atoms with Gasteiger partial charge in [-0.3, -0.25) is 4.79 Å². The third-order valence-electron chi connectivity index (χ3n) is 3.84. The quantitative estimate of drug-likeness (QED) is 0.711. The van der Waals surface area contributed by atoms with Gasteiger partial charge in [0.25, 0.3) is 0 Å². The number of piperidine rings is 1. The number of hydrogen-bond donors (Lipinski definition) is 2. The van der Waals surface area contributed by atoms with Crippen molar-refractivity contribution in [1.29, 1.82) is 0 Å². The summed E-state index contributed by atoms with van der Waals surface area (Å²) in [5.41, 5.74) is 0. The topological polar surface area (TPSA) is 44.4 Å². The molecule has 2 aliphatic rings. The van der Waals surface area contributed by atoms with E-state index in [0.29, 0.717) is 0 Å². The van der Waals surface area contributed by atoms with E-state index in [1.54, 1.807) is 0 Å². The van der Waals surface area contributed by atoms with Crippen molar-refractivity contribution in [2.45, 2.75) is 19.3 Å². The van der Waals surface area contributed by atoms with Crippen LogP contribution in [0, 0.1) is 11.8 Å². The third kappa shape index (κ3) is 3.19. The van der Waals surface area contributed by atoms with Gasteiger partial charge in [-0.25, -0.2) is 0 Å². The van der Waals surface area contributed by atoms with Crippen LogP contribution in [0.15, 0.2) is 0 Å². The average Bonchev–Trinajstić information content (AvgIpc) is 2.18. The summed E-state index contributed by atoms with van der Waals surface area (Å²) in [5.74, 6) is 1.29. The Morgan fingerprint density at radius 3 is 2.62 bits per heavy atom. The highest BCUT2D eigenvalue weighted by Gasteiger charge is 2.24. The van der Waals surface area contributed by atoms with Gasteiger partial charge < -0.3 is 15.5 Å². The van der Waals surface area contributed by atoms with Gasteiger partial charge in [-0.1, -0.05) is 0 Å². The summed E-state index contributed by atoms with van der Waals surface area (Å²) < 4.78 is 0. The van der Waals surface area contributed by atoms with Crippen molar-refractivity contribution < 1.29 is 4.79 Å². The predicted octanol–water partition coefficient (Wildman–Crippen LogP) is 0.0539. The van der Waals surface area contributed by atoms with Crippen molar-refractivity contribution in [2.24, 2.45) is 11.8 Å². The Morgan fingerprint density at radius 1 is 1.38 bits per heavy atom. The van der Waals surface area contributed by atoms with E-state index in [0.717, 1.165) is 32.0 Å². The summed E-state index contributed by atoms with van der Waals surface area (Å²) in [6, 6.07) is 0. The summed E-state index contributed by atoms with van der Waals surface area (Å²) in [6.07, 6.45) is 3.73. The van der Waals surface area contributed by atoms with Gasteiger partial charge in [0.2, 0.25) is 5.91 Å². The molecule has 2 saturated heterocycles. The van der Waals surface area contributed by atoms with Crippen molar-refractivity contribution in [3.63, 3.8) is 0 Å². The fourth-order valence-corrected chi connectivity index (χ4v) is 2.37. The van der Waals surface area contributed by atoms with E-state index < -0.39 is 0 Å². The van der Waals surface area contributed by atoms with Gasteiger partial charge >= 0.3 is 0 Å². The molecule has 0 aromatic rings. The van der Waals surface area contributed by atoms with Gasteiger partial charge in [0.05, 0.1) is 5.92 Å². The van der Waals surface area contributed by atoms with Gasteiger partial charge in [-0.15, -0.1) is 0 Å². The number of amides is 1. The van der Waals surface area contributed by atoms with E-state index in [1.165, 1.54) is 25.9 Å². The summed E-state index contributed by atoms with van der Waals surface area (Å²) in [7, 11) is 2.18. The maximum absolute atomic E-state index is 11.6. The zero-order valence-corrected chi connectivity index (χ0v) is 10.2. The SMILES string of the molecule is CN1CCC(CCNC(=O)C2CNC2)CC1. The van der Waals surface area contributed by atoms with E-state index in [-0.39, 0.29) is 11.8 Å². The van der Waals surface area contributed by atoms with Crippen LogP contribution in [0.4, 0.5) is 0 Å². The van der Waals surface area contributed by atoms with Crippen LogP contribution in [0.25, 0.3) is 0 Å². The number of carbonyl (C=O) groups excluding carboxylic acids is 1. The van der Waals surface area contributed by atoms with Crippen molar-refractivity contribution in [3.8, 4) is 0 Å². The zero-order chi connectivity index (χ0) is 11.4. The molecule has 4 heteroatoms. The van der Waals surface area contributed by atoms with Crippen LogP contribution in [-0.4, -0.2) is 50.6 Å². The van der Waals surface area contributed by atoms with Crippen LogP contribution in [0.1, 0.15) is 19.3 Å². The molecule has 0 saturated carbocycles. The highest BCUT2D eigenvalue weighted by atomic mass is 16.2. The first-order valence-electron chi connectivity index (χ1n) is 6.42. The minimum absolute atomic E-state index is 0.234. The molecular weight excluding hydrogens is 202 g/mol. The fourth-order valence-electron chi connectivity index (χ4n) is 2.37. The Kier molecular flexibility index (Phi) is 4.18. The van der Waals surface area contributed by atoms with Crippen LogP contribution in [0.2, 0.25) is 0 Å². The Balaban J connectivity index is 1.55. The molecule has 0 atom stereocenters. The van der Waals surface area contributed by atoms with E-state index >= 15 is 0 Å². The summed E-state index contributed by atoms with van der Waals surface area (Å²) in [5, 5.41) is 6.17. The molecule has 0 bridgehead atoms. The van der Waals surface area contributed by atoms with Gasteiger partial charge in [0, 0.05) is 19.6 Å². The molecule has 2 fully saturated rings. The lowest BCUT2D eigenvalue weighted by Gasteiger charge is -2.29. The lowest BCUT2D eigenvalue weighted by molar-refractivity contribution is -0.126. The average molecular weight is 225 g/mol. The van der Waals surface area contributed by atoms with Gasteiger partial charge in [0.15, 0.2) is 0 Å². The number of nitrogens with zero attached hydrogens (tertiary/aromatic N) is 1. The summed E-state index contributed by atoms with van der Waals surface area (Å²) in [6.45, 7) is 5.01. The first kappa shape index (κ1) is 11.9. The van der Waals surface area contributed by atoms with E-state index in [1.807, 2.05) is 0 Å². The number of rotatable bonds is 4. The van der Waals surface area contributed by atoms with Crippen LogP contribution in [0.3, 0.4) is 0 Å². The molecule has 0 aromatic carbocycles.